The molecule has 32 heavy (non-hydrogen) atoms. The summed E-state index contributed by atoms with van der Waals surface area (Å²) in [5, 5.41) is 2.92. The molecule has 1 atom stereocenters. The Morgan fingerprint density at radius 1 is 0.906 bits per heavy atom. The van der Waals surface area contributed by atoms with Gasteiger partial charge in [-0.1, -0.05) is 97.9 Å². The molecule has 182 valence electrons. The van der Waals surface area contributed by atoms with Gasteiger partial charge in [0, 0.05) is 5.56 Å². The Kier molecular flexibility index (Phi) is 35.4. The van der Waals surface area contributed by atoms with Gasteiger partial charge in [-0.2, -0.15) is 0 Å². The van der Waals surface area contributed by atoms with Gasteiger partial charge in [0.2, 0.25) is 0 Å². The molecule has 0 aromatic heterocycles. The van der Waals surface area contributed by atoms with Crippen LogP contribution in [0.25, 0.3) is 5.57 Å². The van der Waals surface area contributed by atoms with E-state index in [9.17, 15) is 9.18 Å². The molecule has 1 aromatic rings. The fourth-order valence-electron chi connectivity index (χ4n) is 1.99. The van der Waals surface area contributed by atoms with Crippen molar-refractivity contribution in [3.8, 4) is 0 Å². The first-order valence-corrected chi connectivity index (χ1v) is 11.9. The molecule has 0 spiro atoms. The van der Waals surface area contributed by atoms with Crippen LogP contribution in [0.15, 0.2) is 72.0 Å². The maximum absolute atomic E-state index is 13.7. The van der Waals surface area contributed by atoms with E-state index >= 15 is 0 Å². The molecular formula is C29H48FNO. The van der Waals surface area contributed by atoms with Gasteiger partial charge in [0.05, 0.1) is 6.04 Å². The van der Waals surface area contributed by atoms with E-state index in [-0.39, 0.29) is 11.9 Å². The smallest absolute Gasteiger partial charge is 0.137 e. The molecule has 0 bridgehead atoms. The molecule has 0 fully saturated rings. The van der Waals surface area contributed by atoms with Crippen LogP contribution >= 0.6 is 0 Å². The van der Waals surface area contributed by atoms with Gasteiger partial charge in [-0.05, 0) is 56.7 Å². The van der Waals surface area contributed by atoms with Crippen LogP contribution in [0.4, 0.5) is 4.39 Å². The number of allylic oxidation sites excluding steroid dienone is 6. The second-order valence-corrected chi connectivity index (χ2v) is 5.20. The minimum absolute atomic E-state index is 0.220. The highest BCUT2D eigenvalue weighted by Crippen LogP contribution is 2.21. The second-order valence-electron chi connectivity index (χ2n) is 5.20. The predicted octanol–water partition coefficient (Wildman–Crippen LogP) is 8.72. The Labute approximate surface area is 198 Å². The van der Waals surface area contributed by atoms with Gasteiger partial charge in [0.15, 0.2) is 0 Å². The molecule has 0 heterocycles. The molecule has 2 rings (SSSR count). The zero-order valence-electron chi connectivity index (χ0n) is 22.4. The number of hydrogen-bond acceptors (Lipinski definition) is 2. The molecule has 1 unspecified atom stereocenters. The third kappa shape index (κ3) is 18.3. The number of rotatable bonds is 5. The van der Waals surface area contributed by atoms with E-state index in [1.165, 1.54) is 6.07 Å². The quantitative estimate of drug-likeness (QED) is 0.279. The van der Waals surface area contributed by atoms with Crippen molar-refractivity contribution in [3.63, 3.8) is 0 Å². The summed E-state index contributed by atoms with van der Waals surface area (Å²) in [5.74, 6) is -0.255. The molecule has 0 saturated carbocycles. The first kappa shape index (κ1) is 36.9. The minimum atomic E-state index is -0.255. The number of likely N-dealkylation sites (N-methyl/N-ethyl adjacent to an activating group) is 1. The molecule has 1 aromatic carbocycles. The van der Waals surface area contributed by atoms with Crippen LogP contribution in [0.2, 0.25) is 0 Å². The summed E-state index contributed by atoms with van der Waals surface area (Å²) in [6, 6.07) is 6.42. The summed E-state index contributed by atoms with van der Waals surface area (Å²) in [5.41, 5.74) is 5.31. The van der Waals surface area contributed by atoms with E-state index in [1.807, 2.05) is 99.6 Å². The third-order valence-electron chi connectivity index (χ3n) is 3.49. The van der Waals surface area contributed by atoms with Crippen LogP contribution in [0.3, 0.4) is 0 Å². The Morgan fingerprint density at radius 2 is 1.44 bits per heavy atom. The Balaban J connectivity index is -0.000000279. The van der Waals surface area contributed by atoms with Crippen LogP contribution < -0.4 is 5.32 Å². The number of carbonyl (C=O) groups excluding carboxylic acids is 1. The van der Waals surface area contributed by atoms with Crippen LogP contribution in [-0.4, -0.2) is 19.4 Å². The van der Waals surface area contributed by atoms with E-state index < -0.39 is 0 Å². The predicted molar refractivity (Wildman–Crippen MR) is 145 cm³/mol. The molecular weight excluding hydrogens is 397 g/mol. The van der Waals surface area contributed by atoms with Crippen LogP contribution in [-0.2, 0) is 4.79 Å². The van der Waals surface area contributed by atoms with Gasteiger partial charge in [0.25, 0.3) is 0 Å². The summed E-state index contributed by atoms with van der Waals surface area (Å²) in [4.78, 5) is 10.8. The largest absolute Gasteiger partial charge is 0.311 e. The van der Waals surface area contributed by atoms with Crippen molar-refractivity contribution in [2.24, 2.45) is 0 Å². The average Bonchev–Trinajstić information content (AvgIpc) is 3.13. The molecule has 1 aliphatic rings. The summed E-state index contributed by atoms with van der Waals surface area (Å²) in [6.07, 6.45) is 12.8. The molecule has 0 radical (unpaired) electrons. The lowest BCUT2D eigenvalue weighted by atomic mass is 10.0. The second kappa shape index (κ2) is 30.7. The summed E-state index contributed by atoms with van der Waals surface area (Å²) in [7, 11) is 1.75. The molecule has 0 saturated heterocycles. The van der Waals surface area contributed by atoms with E-state index in [1.54, 1.807) is 31.3 Å². The van der Waals surface area contributed by atoms with Crippen molar-refractivity contribution < 1.29 is 9.18 Å². The Morgan fingerprint density at radius 3 is 1.88 bits per heavy atom. The van der Waals surface area contributed by atoms with Gasteiger partial charge in [-0.3, -0.25) is 0 Å². The lowest BCUT2D eigenvalue weighted by Crippen LogP contribution is -2.26. The average molecular weight is 446 g/mol. The first-order valence-electron chi connectivity index (χ1n) is 11.9. The zero-order chi connectivity index (χ0) is 25.8. The number of halogens is 1. The number of aldehydes is 1. The van der Waals surface area contributed by atoms with Crippen molar-refractivity contribution in [2.75, 3.05) is 7.05 Å². The van der Waals surface area contributed by atoms with Gasteiger partial charge in [0.1, 0.15) is 12.1 Å². The van der Waals surface area contributed by atoms with Crippen molar-refractivity contribution >= 4 is 11.9 Å². The fourth-order valence-corrected chi connectivity index (χ4v) is 1.99. The van der Waals surface area contributed by atoms with Gasteiger partial charge >= 0.3 is 0 Å². The maximum Gasteiger partial charge on any atom is 0.137 e. The number of nitrogens with one attached hydrogen (secondary N) is 1. The van der Waals surface area contributed by atoms with Gasteiger partial charge in [-0.15, -0.1) is 5.73 Å². The van der Waals surface area contributed by atoms with E-state index in [2.05, 4.69) is 11.0 Å². The number of hydrogen-bond donors (Lipinski definition) is 1. The van der Waals surface area contributed by atoms with E-state index in [0.717, 1.165) is 17.4 Å². The normalized spacial score (nSPS) is 11.5. The van der Waals surface area contributed by atoms with Gasteiger partial charge < -0.3 is 10.1 Å². The number of carbonyl (C=O) groups is 1. The van der Waals surface area contributed by atoms with Crippen molar-refractivity contribution in [1.82, 2.24) is 5.32 Å². The minimum Gasteiger partial charge on any atom is -0.311 e. The first-order chi connectivity index (χ1) is 15.7. The van der Waals surface area contributed by atoms with E-state index in [0.29, 0.717) is 12.0 Å². The van der Waals surface area contributed by atoms with Crippen molar-refractivity contribution in [3.05, 3.63) is 83.4 Å². The van der Waals surface area contributed by atoms with Crippen LogP contribution in [0.5, 0.6) is 0 Å². The molecule has 0 aliphatic heterocycles. The molecule has 2 nitrogen and oxygen atoms in total. The summed E-state index contributed by atoms with van der Waals surface area (Å²) in [6.45, 7) is 20.0. The molecule has 3 heteroatoms. The molecule has 1 N–H and O–H groups in total. The highest BCUT2D eigenvalue weighted by atomic mass is 19.1. The highest BCUT2D eigenvalue weighted by Gasteiger charge is 2.08. The van der Waals surface area contributed by atoms with Crippen molar-refractivity contribution in [2.45, 2.75) is 81.7 Å². The SMILES string of the molecule is C/C=C\C.CC.CC.CC.CC.CNC(C=O)CC1=CC=C(c2ccccc2F)C=C=C1. The highest BCUT2D eigenvalue weighted by molar-refractivity contribution is 5.76. The van der Waals surface area contributed by atoms with E-state index in [4.69, 9.17) is 0 Å². The van der Waals surface area contributed by atoms with Crippen LogP contribution in [0, 0.1) is 5.82 Å². The summed E-state index contributed by atoms with van der Waals surface area (Å²) < 4.78 is 13.7. The third-order valence-corrected chi connectivity index (χ3v) is 3.49. The fraction of sp³-hybridized carbons (Fsp3) is 0.448. The topological polar surface area (TPSA) is 29.1 Å². The summed E-state index contributed by atoms with van der Waals surface area (Å²) >= 11 is 0. The maximum atomic E-state index is 13.7. The van der Waals surface area contributed by atoms with Crippen LogP contribution in [0.1, 0.15) is 81.2 Å². The van der Waals surface area contributed by atoms with Crippen molar-refractivity contribution in [1.29, 1.82) is 0 Å². The Hall–Kier alpha value is -2.48. The lowest BCUT2D eigenvalue weighted by molar-refractivity contribution is -0.109. The molecule has 1 aliphatic carbocycles. The monoisotopic (exact) mass is 445 g/mol. The standard InChI is InChI=1S/C17H16FNO.C4H8.4C2H6/c1-19-15(12-20)11-13-5-4-6-14(10-9-13)16-7-2-3-8-17(16)18;1-3-4-2;4*1-2/h2-3,5-10,12,15,19H,11H2,1H3;3-4H,1-2H3;4*1-2H3/b;4-3-;;;;. The molecule has 0 amide bonds. The zero-order valence-corrected chi connectivity index (χ0v) is 22.4. The number of benzene rings is 1. The lowest BCUT2D eigenvalue weighted by Gasteiger charge is -2.08. The Bertz CT molecular complexity index is 689. The van der Waals surface area contributed by atoms with Gasteiger partial charge in [-0.25, -0.2) is 4.39 Å².